The van der Waals surface area contributed by atoms with E-state index in [1.807, 2.05) is 54.6 Å². The number of nitrogens with zero attached hydrogens (tertiary/aromatic N) is 1. The number of aliphatic hydroxyl groups excluding tert-OH is 8. The number of benzene rings is 2. The summed E-state index contributed by atoms with van der Waals surface area (Å²) < 4.78 is 45.9. The first-order chi connectivity index (χ1) is 35.4. The van der Waals surface area contributed by atoms with E-state index in [2.05, 4.69) is 27.7 Å². The Morgan fingerprint density at radius 3 is 1.42 bits per heavy atom. The van der Waals surface area contributed by atoms with Gasteiger partial charge in [-0.3, -0.25) is 0 Å². The Balaban J connectivity index is 1.87. The maximum atomic E-state index is 12.6. The van der Waals surface area contributed by atoms with Crippen LogP contribution in [0.2, 0.25) is 0 Å². The molecule has 426 valence electrons. The van der Waals surface area contributed by atoms with Gasteiger partial charge in [-0.25, -0.2) is 10.6 Å². The molecule has 0 heterocycles. The first-order valence-corrected chi connectivity index (χ1v) is 26.0. The van der Waals surface area contributed by atoms with Crippen LogP contribution in [0.25, 0.3) is 11.1 Å². The van der Waals surface area contributed by atoms with Crippen molar-refractivity contribution in [2.75, 3.05) is 112 Å². The predicted molar refractivity (Wildman–Crippen MR) is 279 cm³/mol. The summed E-state index contributed by atoms with van der Waals surface area (Å²) in [5.41, 5.74) is 9.74. The summed E-state index contributed by atoms with van der Waals surface area (Å²) in [7, 11) is 0. The van der Waals surface area contributed by atoms with Crippen molar-refractivity contribution in [1.82, 2.24) is 5.01 Å². The van der Waals surface area contributed by atoms with Crippen LogP contribution in [0.4, 0.5) is 0 Å². The minimum atomic E-state index is -1.11. The van der Waals surface area contributed by atoms with Crippen LogP contribution in [0.5, 0.6) is 0 Å². The molecule has 20 heteroatoms. The number of ether oxygens (including phenoxy) is 8. The number of carbonyl (C=O) groups is 1. The summed E-state index contributed by atoms with van der Waals surface area (Å²) in [5, 5.41) is 77.3. The highest BCUT2D eigenvalue weighted by Crippen LogP contribution is 2.40. The molecule has 4 unspecified atom stereocenters. The van der Waals surface area contributed by atoms with Crippen molar-refractivity contribution < 1.29 is 83.5 Å². The van der Waals surface area contributed by atoms with Crippen LogP contribution in [0.15, 0.2) is 66.5 Å². The topological polar surface area (TPSA) is 308 Å². The average molecular weight is 1060 g/mol. The summed E-state index contributed by atoms with van der Waals surface area (Å²) >= 11 is 0. The lowest BCUT2D eigenvalue weighted by Crippen LogP contribution is -2.38. The molecule has 2 aromatic rings. The quantitative estimate of drug-likeness (QED) is 0.0197. The Labute approximate surface area is 439 Å². The van der Waals surface area contributed by atoms with Crippen molar-refractivity contribution in [3.63, 3.8) is 0 Å². The summed E-state index contributed by atoms with van der Waals surface area (Å²) in [6, 6.07) is 17.6. The van der Waals surface area contributed by atoms with Gasteiger partial charge in [0.1, 0.15) is 42.7 Å². The molecule has 0 spiro atoms. The third-order valence-corrected chi connectivity index (χ3v) is 11.8. The molecule has 0 bridgehead atoms. The SMILES string of the molecule is CC(C)(CCCCCOC(=O)c1ccc(-c2ccccc2)cc1)CC(C)(C)CCCCCN(N)/C=C(\N)COC(COC(COCC(O)CO)COCC(O)CO)COC(COCC(O)CO)COCC(O)CO. The summed E-state index contributed by atoms with van der Waals surface area (Å²) in [6.45, 7) is 7.03. The largest absolute Gasteiger partial charge is 0.462 e. The molecular weight excluding hydrogens is 963 g/mol. The van der Waals surface area contributed by atoms with Crippen LogP contribution in [0.1, 0.15) is 95.8 Å². The van der Waals surface area contributed by atoms with Gasteiger partial charge in [-0.05, 0) is 66.2 Å². The van der Waals surface area contributed by atoms with E-state index in [1.54, 1.807) is 6.20 Å². The Bertz CT molecular complexity index is 1660. The normalized spacial score (nSPS) is 15.3. The van der Waals surface area contributed by atoms with E-state index in [9.17, 15) is 45.6 Å². The van der Waals surface area contributed by atoms with Crippen LogP contribution in [0.3, 0.4) is 0 Å². The molecule has 0 saturated carbocycles. The molecule has 20 nitrogen and oxygen atoms in total. The van der Waals surface area contributed by atoms with E-state index in [1.165, 1.54) is 5.01 Å². The van der Waals surface area contributed by atoms with Crippen molar-refractivity contribution >= 4 is 5.97 Å². The lowest BCUT2D eigenvalue weighted by molar-refractivity contribution is -0.137. The second kappa shape index (κ2) is 39.0. The number of hydrazine groups is 1. The van der Waals surface area contributed by atoms with E-state index in [-0.39, 0.29) is 89.5 Å². The first-order valence-electron chi connectivity index (χ1n) is 26.0. The van der Waals surface area contributed by atoms with E-state index in [0.717, 1.165) is 68.9 Å². The average Bonchev–Trinajstić information content (AvgIpc) is 3.38. The fourth-order valence-corrected chi connectivity index (χ4v) is 8.11. The lowest BCUT2D eigenvalue weighted by atomic mass is 9.70. The monoisotopic (exact) mass is 1060 g/mol. The second-order valence-corrected chi connectivity index (χ2v) is 20.5. The number of hydrogen-bond acceptors (Lipinski definition) is 20. The van der Waals surface area contributed by atoms with Gasteiger partial charge >= 0.3 is 5.97 Å². The van der Waals surface area contributed by atoms with Crippen molar-refractivity contribution in [1.29, 1.82) is 0 Å². The van der Waals surface area contributed by atoms with Crippen LogP contribution in [0, 0.1) is 10.8 Å². The molecule has 0 aliphatic heterocycles. The number of aliphatic hydroxyl groups is 8. The third-order valence-electron chi connectivity index (χ3n) is 11.8. The Morgan fingerprint density at radius 2 is 0.973 bits per heavy atom. The molecular formula is C54H93N3O17. The van der Waals surface area contributed by atoms with E-state index in [0.29, 0.717) is 24.4 Å². The van der Waals surface area contributed by atoms with E-state index < -0.39 is 69.2 Å². The number of unbranched alkanes of at least 4 members (excludes halogenated alkanes) is 4. The third kappa shape index (κ3) is 32.3. The first kappa shape index (κ1) is 66.7. The van der Waals surface area contributed by atoms with Crippen molar-refractivity contribution in [3.8, 4) is 11.1 Å². The maximum Gasteiger partial charge on any atom is 0.338 e. The molecule has 2 aromatic carbocycles. The van der Waals surface area contributed by atoms with Gasteiger partial charge in [0.05, 0.1) is 117 Å². The minimum absolute atomic E-state index is 0.0690. The molecule has 0 aromatic heterocycles. The molecule has 12 N–H and O–H groups in total. The van der Waals surface area contributed by atoms with Crippen molar-refractivity contribution in [2.45, 2.75) is 128 Å². The molecule has 0 aliphatic rings. The number of esters is 1. The molecule has 74 heavy (non-hydrogen) atoms. The molecule has 2 rings (SSSR count). The zero-order chi connectivity index (χ0) is 54.6. The highest BCUT2D eigenvalue weighted by atomic mass is 16.6. The van der Waals surface area contributed by atoms with Crippen molar-refractivity contribution in [2.24, 2.45) is 22.4 Å². The van der Waals surface area contributed by atoms with Gasteiger partial charge in [-0.15, -0.1) is 0 Å². The smallest absolute Gasteiger partial charge is 0.338 e. The van der Waals surface area contributed by atoms with Gasteiger partial charge in [0.2, 0.25) is 0 Å². The zero-order valence-corrected chi connectivity index (χ0v) is 44.6. The fraction of sp³-hybridized carbons (Fsp3) is 0.722. The van der Waals surface area contributed by atoms with Crippen LogP contribution in [-0.4, -0.2) is 207 Å². The minimum Gasteiger partial charge on any atom is -0.462 e. The summed E-state index contributed by atoms with van der Waals surface area (Å²) in [6.07, 6.45) is 3.89. The summed E-state index contributed by atoms with van der Waals surface area (Å²) in [5.74, 6) is 6.05. The van der Waals surface area contributed by atoms with Crippen LogP contribution >= 0.6 is 0 Å². The maximum absolute atomic E-state index is 12.6. The standard InChI is InChI=1S/C54H93N3O17/c1-53(2,40-54(3,4)21-11-7-13-23-71-52(66)43-18-16-42(17-19-43)41-14-8-5-9-15-41)20-10-6-12-22-57(56)24-44(55)29-72-51(38-73-49(34-67-30-45(62)25-58)35-68-31-46(63)26-59)39-74-50(36-69-32-47(64)27-60)37-70-33-48(65)28-61/h5,8-9,14-19,24,45-51,58-65H,6-7,10-13,20-23,25-40,55-56H2,1-4H3/b44-24-. The van der Waals surface area contributed by atoms with Crippen LogP contribution in [-0.2, 0) is 37.9 Å². The lowest BCUT2D eigenvalue weighted by Gasteiger charge is -2.35. The Kier molecular flexibility index (Phi) is 35.2. The predicted octanol–water partition coefficient (Wildman–Crippen LogP) is 2.68. The number of rotatable bonds is 46. The highest BCUT2D eigenvalue weighted by Gasteiger charge is 2.28. The molecule has 0 aliphatic carbocycles. The molecule has 0 saturated heterocycles. The molecule has 4 atom stereocenters. The van der Waals surface area contributed by atoms with Crippen LogP contribution < -0.4 is 11.6 Å². The van der Waals surface area contributed by atoms with Gasteiger partial charge in [0, 0.05) is 12.7 Å². The fourth-order valence-electron chi connectivity index (χ4n) is 8.11. The summed E-state index contributed by atoms with van der Waals surface area (Å²) in [4.78, 5) is 12.6. The second-order valence-electron chi connectivity index (χ2n) is 20.5. The van der Waals surface area contributed by atoms with Gasteiger partial charge < -0.3 is 89.5 Å². The van der Waals surface area contributed by atoms with E-state index in [4.69, 9.17) is 49.5 Å². The molecule has 0 amide bonds. The van der Waals surface area contributed by atoms with Gasteiger partial charge in [0.15, 0.2) is 0 Å². The molecule has 0 radical (unpaired) electrons. The number of carbonyl (C=O) groups excluding carboxylic acids is 1. The number of hydrogen-bond donors (Lipinski definition) is 10. The van der Waals surface area contributed by atoms with E-state index >= 15 is 0 Å². The number of nitrogens with two attached hydrogens (primary N) is 2. The van der Waals surface area contributed by atoms with Gasteiger partial charge in [-0.1, -0.05) is 95.8 Å². The van der Waals surface area contributed by atoms with Gasteiger partial charge in [-0.2, -0.15) is 0 Å². The molecule has 0 fully saturated rings. The van der Waals surface area contributed by atoms with Crippen molar-refractivity contribution in [3.05, 3.63) is 72.1 Å². The highest BCUT2D eigenvalue weighted by molar-refractivity contribution is 5.90. The van der Waals surface area contributed by atoms with Gasteiger partial charge in [0.25, 0.3) is 0 Å². The Hall–Kier alpha value is -3.39. The zero-order valence-electron chi connectivity index (χ0n) is 44.6. The Morgan fingerprint density at radius 1 is 0.554 bits per heavy atom.